The highest BCUT2D eigenvalue weighted by Crippen LogP contribution is 2.14. The fraction of sp³-hybridized carbons (Fsp3) is 0.188. The van der Waals surface area contributed by atoms with Gasteiger partial charge < -0.3 is 5.32 Å². The number of amides is 1. The van der Waals surface area contributed by atoms with Gasteiger partial charge in [0, 0.05) is 5.56 Å². The lowest BCUT2D eigenvalue weighted by atomic mass is 10.1. The van der Waals surface area contributed by atoms with Gasteiger partial charge in [0.1, 0.15) is 5.82 Å². The van der Waals surface area contributed by atoms with E-state index in [1.807, 2.05) is 37.3 Å². The van der Waals surface area contributed by atoms with E-state index >= 15 is 0 Å². The molecule has 2 rings (SSSR count). The molecule has 0 fully saturated rings. The van der Waals surface area contributed by atoms with E-state index in [1.54, 1.807) is 6.92 Å². The van der Waals surface area contributed by atoms with Crippen LogP contribution in [0.5, 0.6) is 0 Å². The summed E-state index contributed by atoms with van der Waals surface area (Å²) in [5, 5.41) is 2.91. The molecule has 19 heavy (non-hydrogen) atoms. The molecule has 1 amide bonds. The Kier molecular flexibility index (Phi) is 3.95. The molecule has 0 aromatic heterocycles. The van der Waals surface area contributed by atoms with Gasteiger partial charge in [-0.1, -0.05) is 30.3 Å². The van der Waals surface area contributed by atoms with Gasteiger partial charge in [-0.2, -0.15) is 0 Å². The molecule has 0 radical (unpaired) electrons. The number of nitrogens with one attached hydrogen (secondary N) is 1. The topological polar surface area (TPSA) is 29.1 Å². The van der Waals surface area contributed by atoms with Gasteiger partial charge in [-0.15, -0.1) is 0 Å². The zero-order valence-electron chi connectivity index (χ0n) is 11.0. The van der Waals surface area contributed by atoms with Crippen LogP contribution in [0.15, 0.2) is 48.5 Å². The van der Waals surface area contributed by atoms with Crippen LogP contribution in [0.1, 0.15) is 34.5 Å². The molecule has 98 valence electrons. The second-order valence-corrected chi connectivity index (χ2v) is 4.57. The predicted octanol–water partition coefficient (Wildman–Crippen LogP) is 3.63. The van der Waals surface area contributed by atoms with Crippen LogP contribution in [0.25, 0.3) is 0 Å². The van der Waals surface area contributed by atoms with E-state index in [9.17, 15) is 9.18 Å². The lowest BCUT2D eigenvalue weighted by Gasteiger charge is -2.15. The molecule has 2 nitrogen and oxygen atoms in total. The number of hydrogen-bond donors (Lipinski definition) is 1. The number of halogens is 1. The minimum atomic E-state index is -0.329. The van der Waals surface area contributed by atoms with Crippen molar-refractivity contribution in [3.8, 4) is 0 Å². The van der Waals surface area contributed by atoms with Crippen molar-refractivity contribution in [2.24, 2.45) is 0 Å². The van der Waals surface area contributed by atoms with Gasteiger partial charge in [-0.25, -0.2) is 4.39 Å². The number of aryl methyl sites for hydroxylation is 1. The van der Waals surface area contributed by atoms with Crippen molar-refractivity contribution in [2.45, 2.75) is 19.9 Å². The number of benzene rings is 2. The van der Waals surface area contributed by atoms with Crippen molar-refractivity contribution in [3.63, 3.8) is 0 Å². The Balaban J connectivity index is 2.13. The SMILES string of the molecule is Cc1cc(F)ccc1C(=O)N[C@@H](C)c1ccccc1. The highest BCUT2D eigenvalue weighted by atomic mass is 19.1. The average Bonchev–Trinajstić information content (AvgIpc) is 2.39. The molecule has 0 saturated carbocycles. The average molecular weight is 257 g/mol. The van der Waals surface area contributed by atoms with Gasteiger partial charge in [-0.05, 0) is 43.2 Å². The van der Waals surface area contributed by atoms with Crippen LogP contribution in [0, 0.1) is 12.7 Å². The number of rotatable bonds is 3. The van der Waals surface area contributed by atoms with Crippen molar-refractivity contribution < 1.29 is 9.18 Å². The first-order valence-corrected chi connectivity index (χ1v) is 6.20. The Morgan fingerprint density at radius 3 is 2.47 bits per heavy atom. The van der Waals surface area contributed by atoms with E-state index < -0.39 is 0 Å². The Labute approximate surface area is 112 Å². The molecule has 0 aliphatic heterocycles. The fourth-order valence-electron chi connectivity index (χ4n) is 1.98. The van der Waals surface area contributed by atoms with E-state index in [4.69, 9.17) is 0 Å². The molecule has 1 N–H and O–H groups in total. The van der Waals surface area contributed by atoms with Crippen LogP contribution in [0.4, 0.5) is 4.39 Å². The first kappa shape index (κ1) is 13.3. The third kappa shape index (κ3) is 3.19. The van der Waals surface area contributed by atoms with Gasteiger partial charge in [0.05, 0.1) is 6.04 Å². The van der Waals surface area contributed by atoms with Crippen LogP contribution in [0.3, 0.4) is 0 Å². The minimum Gasteiger partial charge on any atom is -0.346 e. The van der Waals surface area contributed by atoms with Gasteiger partial charge in [0.2, 0.25) is 0 Å². The summed E-state index contributed by atoms with van der Waals surface area (Å²) < 4.78 is 13.0. The molecule has 1 atom stereocenters. The largest absolute Gasteiger partial charge is 0.346 e. The number of hydrogen-bond acceptors (Lipinski definition) is 1. The quantitative estimate of drug-likeness (QED) is 0.893. The molecule has 0 spiro atoms. The summed E-state index contributed by atoms with van der Waals surface area (Å²) in [6, 6.07) is 13.8. The van der Waals surface area contributed by atoms with E-state index in [0.29, 0.717) is 11.1 Å². The molecular formula is C16H16FNO. The molecule has 2 aromatic carbocycles. The molecule has 0 saturated heterocycles. The molecule has 0 bridgehead atoms. The van der Waals surface area contributed by atoms with Crippen LogP contribution in [-0.2, 0) is 0 Å². The van der Waals surface area contributed by atoms with E-state index in [0.717, 1.165) is 5.56 Å². The van der Waals surface area contributed by atoms with Crippen molar-refractivity contribution in [2.75, 3.05) is 0 Å². The molecule has 0 heterocycles. The van der Waals surface area contributed by atoms with Crippen molar-refractivity contribution in [1.82, 2.24) is 5.32 Å². The van der Waals surface area contributed by atoms with Crippen molar-refractivity contribution in [3.05, 3.63) is 71.0 Å². The lowest BCUT2D eigenvalue weighted by Crippen LogP contribution is -2.27. The van der Waals surface area contributed by atoms with E-state index in [2.05, 4.69) is 5.32 Å². The maximum absolute atomic E-state index is 13.0. The maximum Gasteiger partial charge on any atom is 0.252 e. The predicted molar refractivity (Wildman–Crippen MR) is 73.5 cm³/mol. The molecule has 0 aliphatic rings. The smallest absolute Gasteiger partial charge is 0.252 e. The Morgan fingerprint density at radius 1 is 1.16 bits per heavy atom. The summed E-state index contributed by atoms with van der Waals surface area (Å²) in [6.07, 6.45) is 0. The van der Waals surface area contributed by atoms with Crippen molar-refractivity contribution >= 4 is 5.91 Å². The summed E-state index contributed by atoms with van der Waals surface area (Å²) in [6.45, 7) is 3.65. The normalized spacial score (nSPS) is 11.9. The van der Waals surface area contributed by atoms with E-state index in [1.165, 1.54) is 18.2 Å². The maximum atomic E-state index is 13.0. The molecule has 3 heteroatoms. The molecular weight excluding hydrogens is 241 g/mol. The minimum absolute atomic E-state index is 0.0850. The number of carbonyl (C=O) groups is 1. The first-order chi connectivity index (χ1) is 9.08. The van der Waals surface area contributed by atoms with E-state index in [-0.39, 0.29) is 17.8 Å². The molecule has 0 aliphatic carbocycles. The summed E-state index contributed by atoms with van der Waals surface area (Å²) in [4.78, 5) is 12.1. The van der Waals surface area contributed by atoms with Crippen LogP contribution >= 0.6 is 0 Å². The third-order valence-corrected chi connectivity index (χ3v) is 3.08. The van der Waals surface area contributed by atoms with Crippen LogP contribution in [0.2, 0.25) is 0 Å². The third-order valence-electron chi connectivity index (χ3n) is 3.08. The summed E-state index contributed by atoms with van der Waals surface area (Å²) in [5.41, 5.74) is 2.18. The van der Waals surface area contributed by atoms with Crippen LogP contribution in [-0.4, -0.2) is 5.91 Å². The second-order valence-electron chi connectivity index (χ2n) is 4.57. The Morgan fingerprint density at radius 2 is 1.84 bits per heavy atom. The highest BCUT2D eigenvalue weighted by Gasteiger charge is 2.13. The molecule has 0 unspecified atom stereocenters. The zero-order valence-corrected chi connectivity index (χ0v) is 11.0. The second kappa shape index (κ2) is 5.65. The standard InChI is InChI=1S/C16H16FNO/c1-11-10-14(17)8-9-15(11)16(19)18-12(2)13-6-4-3-5-7-13/h3-10,12H,1-2H3,(H,18,19)/t12-/m0/s1. The first-order valence-electron chi connectivity index (χ1n) is 6.20. The fourth-order valence-corrected chi connectivity index (χ4v) is 1.98. The summed E-state index contributed by atoms with van der Waals surface area (Å²) in [7, 11) is 0. The summed E-state index contributed by atoms with van der Waals surface area (Å²) >= 11 is 0. The number of carbonyl (C=O) groups excluding carboxylic acids is 1. The van der Waals surface area contributed by atoms with Gasteiger partial charge >= 0.3 is 0 Å². The van der Waals surface area contributed by atoms with Gasteiger partial charge in [0.25, 0.3) is 5.91 Å². The van der Waals surface area contributed by atoms with Gasteiger partial charge in [0.15, 0.2) is 0 Å². The monoisotopic (exact) mass is 257 g/mol. The lowest BCUT2D eigenvalue weighted by molar-refractivity contribution is 0.0939. The van der Waals surface area contributed by atoms with Crippen LogP contribution < -0.4 is 5.32 Å². The van der Waals surface area contributed by atoms with Gasteiger partial charge in [-0.3, -0.25) is 4.79 Å². The zero-order chi connectivity index (χ0) is 13.8. The Bertz CT molecular complexity index is 581. The van der Waals surface area contributed by atoms with Crippen molar-refractivity contribution in [1.29, 1.82) is 0 Å². The Hall–Kier alpha value is -2.16. The summed E-state index contributed by atoms with van der Waals surface area (Å²) in [5.74, 6) is -0.515. The molecule has 2 aromatic rings. The highest BCUT2D eigenvalue weighted by molar-refractivity contribution is 5.95.